The molecule has 0 bridgehead atoms. The van der Waals surface area contributed by atoms with Crippen LogP contribution in [0.1, 0.15) is 0 Å². The summed E-state index contributed by atoms with van der Waals surface area (Å²) in [5, 5.41) is 2.30. The number of hydrogen-bond acceptors (Lipinski definition) is 3. The number of fused-ring (bicyclic) bond motifs is 1. The van der Waals surface area contributed by atoms with E-state index in [4.69, 9.17) is 9.47 Å². The van der Waals surface area contributed by atoms with Gasteiger partial charge in [0.2, 0.25) is 0 Å². The number of benzene rings is 2. The minimum atomic E-state index is 0.708. The minimum absolute atomic E-state index is 0.708. The van der Waals surface area contributed by atoms with Gasteiger partial charge < -0.3 is 9.47 Å². The highest BCUT2D eigenvalue weighted by Gasteiger charge is 2.09. The number of ether oxygens (including phenoxy) is 2. The summed E-state index contributed by atoms with van der Waals surface area (Å²) in [7, 11) is 3.27. The van der Waals surface area contributed by atoms with E-state index in [1.807, 2.05) is 42.6 Å². The van der Waals surface area contributed by atoms with Crippen molar-refractivity contribution in [2.24, 2.45) is 0 Å². The molecule has 0 saturated heterocycles. The van der Waals surface area contributed by atoms with E-state index in [-0.39, 0.29) is 0 Å². The topological polar surface area (TPSA) is 31.4 Å². The number of rotatable bonds is 3. The SMILES string of the molecule is COc1ccc(-c2nccc3ccccc23)cc1OC. The number of aromatic nitrogens is 1. The third-order valence-corrected chi connectivity index (χ3v) is 3.33. The number of pyridine rings is 1. The minimum Gasteiger partial charge on any atom is -0.493 e. The van der Waals surface area contributed by atoms with Crippen LogP contribution >= 0.6 is 0 Å². The molecule has 0 amide bonds. The first-order valence-electron chi connectivity index (χ1n) is 6.39. The largest absolute Gasteiger partial charge is 0.493 e. The Labute approximate surface area is 117 Å². The summed E-state index contributed by atoms with van der Waals surface area (Å²) in [5.41, 5.74) is 1.96. The molecule has 0 radical (unpaired) electrons. The summed E-state index contributed by atoms with van der Waals surface area (Å²) in [6.07, 6.45) is 1.83. The monoisotopic (exact) mass is 265 g/mol. The lowest BCUT2D eigenvalue weighted by Crippen LogP contribution is -1.92. The van der Waals surface area contributed by atoms with E-state index in [1.54, 1.807) is 14.2 Å². The van der Waals surface area contributed by atoms with Crippen LogP contribution in [0.25, 0.3) is 22.0 Å². The van der Waals surface area contributed by atoms with E-state index in [2.05, 4.69) is 17.1 Å². The van der Waals surface area contributed by atoms with Crippen molar-refractivity contribution in [3.63, 3.8) is 0 Å². The summed E-state index contributed by atoms with van der Waals surface area (Å²) in [5.74, 6) is 1.43. The van der Waals surface area contributed by atoms with Gasteiger partial charge in [0.05, 0.1) is 19.9 Å². The van der Waals surface area contributed by atoms with Crippen LogP contribution in [0.5, 0.6) is 11.5 Å². The quantitative estimate of drug-likeness (QED) is 0.719. The highest BCUT2D eigenvalue weighted by Crippen LogP contribution is 2.34. The van der Waals surface area contributed by atoms with Crippen LogP contribution in [-0.2, 0) is 0 Å². The molecule has 100 valence electrons. The molecule has 3 aromatic rings. The van der Waals surface area contributed by atoms with E-state index in [1.165, 1.54) is 5.39 Å². The van der Waals surface area contributed by atoms with Gasteiger partial charge in [-0.1, -0.05) is 24.3 Å². The van der Waals surface area contributed by atoms with Gasteiger partial charge in [-0.25, -0.2) is 0 Å². The number of nitrogens with zero attached hydrogens (tertiary/aromatic N) is 1. The van der Waals surface area contributed by atoms with Gasteiger partial charge in [0, 0.05) is 17.1 Å². The zero-order valence-corrected chi connectivity index (χ0v) is 11.5. The lowest BCUT2D eigenvalue weighted by atomic mass is 10.0. The third kappa shape index (κ3) is 2.07. The Morgan fingerprint density at radius 2 is 1.65 bits per heavy atom. The zero-order valence-electron chi connectivity index (χ0n) is 11.5. The second-order valence-corrected chi connectivity index (χ2v) is 4.45. The lowest BCUT2D eigenvalue weighted by Gasteiger charge is -2.10. The van der Waals surface area contributed by atoms with Crippen LogP contribution in [0.4, 0.5) is 0 Å². The fourth-order valence-corrected chi connectivity index (χ4v) is 2.33. The first-order chi connectivity index (χ1) is 9.83. The Morgan fingerprint density at radius 1 is 0.850 bits per heavy atom. The Morgan fingerprint density at radius 3 is 2.45 bits per heavy atom. The molecule has 0 spiro atoms. The molecule has 0 saturated carbocycles. The number of methoxy groups -OCH3 is 2. The standard InChI is InChI=1S/C17H15NO2/c1-19-15-8-7-13(11-16(15)20-2)17-14-6-4-3-5-12(14)9-10-18-17/h3-11H,1-2H3. The molecule has 0 atom stereocenters. The second-order valence-electron chi connectivity index (χ2n) is 4.45. The van der Waals surface area contributed by atoms with Gasteiger partial charge >= 0.3 is 0 Å². The molecule has 0 aliphatic rings. The Kier molecular flexibility index (Phi) is 3.25. The van der Waals surface area contributed by atoms with Gasteiger partial charge in [-0.15, -0.1) is 0 Å². The van der Waals surface area contributed by atoms with Gasteiger partial charge in [-0.05, 0) is 29.7 Å². The highest BCUT2D eigenvalue weighted by molar-refractivity contribution is 5.94. The Balaban J connectivity index is 2.21. The highest BCUT2D eigenvalue weighted by atomic mass is 16.5. The first-order valence-corrected chi connectivity index (χ1v) is 6.39. The molecule has 1 heterocycles. The Hall–Kier alpha value is -2.55. The fourth-order valence-electron chi connectivity index (χ4n) is 2.33. The smallest absolute Gasteiger partial charge is 0.161 e. The predicted molar refractivity (Wildman–Crippen MR) is 80.3 cm³/mol. The molecule has 0 aliphatic heterocycles. The molecule has 0 aliphatic carbocycles. The van der Waals surface area contributed by atoms with E-state index in [0.29, 0.717) is 5.75 Å². The maximum absolute atomic E-state index is 5.36. The molecule has 1 aromatic heterocycles. The molecule has 3 nitrogen and oxygen atoms in total. The second kappa shape index (κ2) is 5.21. The average molecular weight is 265 g/mol. The summed E-state index contributed by atoms with van der Waals surface area (Å²) >= 11 is 0. The maximum Gasteiger partial charge on any atom is 0.161 e. The normalized spacial score (nSPS) is 10.5. The fraction of sp³-hybridized carbons (Fsp3) is 0.118. The van der Waals surface area contributed by atoms with Crippen molar-refractivity contribution in [1.29, 1.82) is 0 Å². The molecule has 0 N–H and O–H groups in total. The van der Waals surface area contributed by atoms with Crippen molar-refractivity contribution >= 4 is 10.8 Å². The van der Waals surface area contributed by atoms with E-state index in [9.17, 15) is 0 Å². The van der Waals surface area contributed by atoms with Gasteiger partial charge in [0.25, 0.3) is 0 Å². The van der Waals surface area contributed by atoms with Crippen LogP contribution in [0.15, 0.2) is 54.7 Å². The summed E-state index contributed by atoms with van der Waals surface area (Å²) in [4.78, 5) is 4.51. The average Bonchev–Trinajstić information content (AvgIpc) is 2.53. The summed E-state index contributed by atoms with van der Waals surface area (Å²) < 4.78 is 10.6. The molecular weight excluding hydrogens is 250 g/mol. The van der Waals surface area contributed by atoms with E-state index >= 15 is 0 Å². The van der Waals surface area contributed by atoms with Gasteiger partial charge in [-0.2, -0.15) is 0 Å². The molecule has 2 aromatic carbocycles. The van der Waals surface area contributed by atoms with Crippen LogP contribution in [0, 0.1) is 0 Å². The van der Waals surface area contributed by atoms with Gasteiger partial charge in [-0.3, -0.25) is 4.98 Å². The van der Waals surface area contributed by atoms with Crippen molar-refractivity contribution in [1.82, 2.24) is 4.98 Å². The Bertz CT molecular complexity index is 748. The third-order valence-electron chi connectivity index (χ3n) is 3.33. The van der Waals surface area contributed by atoms with Gasteiger partial charge in [0.1, 0.15) is 0 Å². The van der Waals surface area contributed by atoms with Gasteiger partial charge in [0.15, 0.2) is 11.5 Å². The molecular formula is C17H15NO2. The van der Waals surface area contributed by atoms with Crippen molar-refractivity contribution in [2.75, 3.05) is 14.2 Å². The molecule has 0 fully saturated rings. The van der Waals surface area contributed by atoms with Crippen molar-refractivity contribution in [2.45, 2.75) is 0 Å². The van der Waals surface area contributed by atoms with Crippen LogP contribution in [-0.4, -0.2) is 19.2 Å². The van der Waals surface area contributed by atoms with Crippen molar-refractivity contribution < 1.29 is 9.47 Å². The van der Waals surface area contributed by atoms with E-state index in [0.717, 1.165) is 22.4 Å². The molecule has 0 unspecified atom stereocenters. The van der Waals surface area contributed by atoms with Crippen LogP contribution in [0.3, 0.4) is 0 Å². The summed E-state index contributed by atoms with van der Waals surface area (Å²) in [6, 6.07) is 16.1. The maximum atomic E-state index is 5.36. The van der Waals surface area contributed by atoms with Crippen molar-refractivity contribution in [3.05, 3.63) is 54.7 Å². The van der Waals surface area contributed by atoms with Crippen molar-refractivity contribution in [3.8, 4) is 22.8 Å². The number of hydrogen-bond donors (Lipinski definition) is 0. The summed E-state index contributed by atoms with van der Waals surface area (Å²) in [6.45, 7) is 0. The molecule has 3 rings (SSSR count). The van der Waals surface area contributed by atoms with E-state index < -0.39 is 0 Å². The lowest BCUT2D eigenvalue weighted by molar-refractivity contribution is 0.355. The molecule has 20 heavy (non-hydrogen) atoms. The predicted octanol–water partition coefficient (Wildman–Crippen LogP) is 3.92. The van der Waals surface area contributed by atoms with Crippen LogP contribution in [0.2, 0.25) is 0 Å². The molecule has 3 heteroatoms. The zero-order chi connectivity index (χ0) is 13.9. The first kappa shape index (κ1) is 12.5. The van der Waals surface area contributed by atoms with Crippen LogP contribution < -0.4 is 9.47 Å².